The molecule has 0 bridgehead atoms. The number of likely N-dealkylation sites (N-methyl/N-ethyl adjacent to an activating group) is 1. The highest BCUT2D eigenvalue weighted by Crippen LogP contribution is 2.45. The molecule has 2 saturated carbocycles. The molecule has 0 unspecified atom stereocenters. The Morgan fingerprint density at radius 3 is 2.24 bits per heavy atom. The van der Waals surface area contributed by atoms with E-state index in [1.165, 1.54) is 31.4 Å². The van der Waals surface area contributed by atoms with Gasteiger partial charge in [-0.15, -0.1) is 0 Å². The van der Waals surface area contributed by atoms with Crippen molar-refractivity contribution in [2.24, 2.45) is 0 Å². The van der Waals surface area contributed by atoms with E-state index in [1.54, 1.807) is 12.1 Å². The molecule has 21 heavy (non-hydrogen) atoms. The highest BCUT2D eigenvalue weighted by Gasteiger charge is 2.47. The molecule has 0 aliphatic heterocycles. The summed E-state index contributed by atoms with van der Waals surface area (Å²) in [5.74, 6) is 0.00793. The monoisotopic (exact) mass is 289 g/mol. The van der Waals surface area contributed by atoms with Gasteiger partial charge in [-0.3, -0.25) is 4.79 Å². The SMILES string of the molecule is CN(C(=O)C1(c2ccc(F)cc2)CCC1)C1CCCCC1. The van der Waals surface area contributed by atoms with Crippen LogP contribution in [0.15, 0.2) is 24.3 Å². The lowest BCUT2D eigenvalue weighted by Gasteiger charge is -2.45. The van der Waals surface area contributed by atoms with Crippen molar-refractivity contribution in [3.63, 3.8) is 0 Å². The Kier molecular flexibility index (Phi) is 4.01. The van der Waals surface area contributed by atoms with E-state index in [-0.39, 0.29) is 17.1 Å². The maximum Gasteiger partial charge on any atom is 0.233 e. The summed E-state index contributed by atoms with van der Waals surface area (Å²) >= 11 is 0. The molecule has 0 spiro atoms. The Bertz CT molecular complexity index is 500. The predicted molar refractivity (Wildman–Crippen MR) is 81.6 cm³/mol. The summed E-state index contributed by atoms with van der Waals surface area (Å²) in [7, 11) is 1.96. The molecule has 0 N–H and O–H groups in total. The van der Waals surface area contributed by atoms with Crippen LogP contribution in [0, 0.1) is 5.82 Å². The van der Waals surface area contributed by atoms with Crippen LogP contribution in [0.5, 0.6) is 0 Å². The van der Waals surface area contributed by atoms with E-state index in [0.29, 0.717) is 6.04 Å². The first-order valence-electron chi connectivity index (χ1n) is 8.17. The molecule has 2 fully saturated rings. The van der Waals surface area contributed by atoms with Crippen LogP contribution in [-0.2, 0) is 10.2 Å². The Morgan fingerprint density at radius 1 is 1.10 bits per heavy atom. The van der Waals surface area contributed by atoms with Crippen LogP contribution in [0.3, 0.4) is 0 Å². The predicted octanol–water partition coefficient (Wildman–Crippen LogP) is 4.04. The van der Waals surface area contributed by atoms with Crippen molar-refractivity contribution in [2.75, 3.05) is 7.05 Å². The molecular formula is C18H24FNO. The molecule has 0 aromatic heterocycles. The first-order chi connectivity index (χ1) is 10.1. The van der Waals surface area contributed by atoms with Crippen LogP contribution in [-0.4, -0.2) is 23.9 Å². The van der Waals surface area contributed by atoms with Gasteiger partial charge >= 0.3 is 0 Å². The summed E-state index contributed by atoms with van der Waals surface area (Å²) in [6.45, 7) is 0. The van der Waals surface area contributed by atoms with Gasteiger partial charge in [-0.2, -0.15) is 0 Å². The maximum absolute atomic E-state index is 13.2. The Morgan fingerprint density at radius 2 is 1.71 bits per heavy atom. The summed E-state index contributed by atoms with van der Waals surface area (Å²) in [4.78, 5) is 15.1. The third-order valence-corrected chi connectivity index (χ3v) is 5.46. The zero-order valence-corrected chi connectivity index (χ0v) is 12.8. The molecular weight excluding hydrogens is 265 g/mol. The molecule has 0 heterocycles. The second kappa shape index (κ2) is 5.78. The smallest absolute Gasteiger partial charge is 0.233 e. The average Bonchev–Trinajstić information content (AvgIpc) is 2.48. The topological polar surface area (TPSA) is 20.3 Å². The lowest BCUT2D eigenvalue weighted by molar-refractivity contribution is -0.142. The number of benzene rings is 1. The molecule has 3 rings (SSSR count). The van der Waals surface area contributed by atoms with Crippen molar-refractivity contribution in [2.45, 2.75) is 62.8 Å². The Labute approximate surface area is 126 Å². The number of hydrogen-bond donors (Lipinski definition) is 0. The van der Waals surface area contributed by atoms with E-state index >= 15 is 0 Å². The molecule has 0 radical (unpaired) electrons. The number of halogens is 1. The highest BCUT2D eigenvalue weighted by atomic mass is 19.1. The van der Waals surface area contributed by atoms with Crippen LogP contribution < -0.4 is 0 Å². The summed E-state index contributed by atoms with van der Waals surface area (Å²) in [6, 6.07) is 6.93. The van der Waals surface area contributed by atoms with Crippen LogP contribution >= 0.6 is 0 Å². The first-order valence-corrected chi connectivity index (χ1v) is 8.17. The van der Waals surface area contributed by atoms with Crippen molar-refractivity contribution < 1.29 is 9.18 Å². The van der Waals surface area contributed by atoms with E-state index < -0.39 is 0 Å². The minimum Gasteiger partial charge on any atom is -0.342 e. The van der Waals surface area contributed by atoms with E-state index in [9.17, 15) is 9.18 Å². The number of carbonyl (C=O) groups is 1. The molecule has 0 atom stereocenters. The quantitative estimate of drug-likeness (QED) is 0.822. The standard InChI is InChI=1S/C18H24FNO/c1-20(16-6-3-2-4-7-16)17(21)18(12-5-13-18)14-8-10-15(19)11-9-14/h8-11,16H,2-7,12-13H2,1H3. The zero-order chi connectivity index (χ0) is 14.9. The molecule has 0 saturated heterocycles. The van der Waals surface area contributed by atoms with Crippen LogP contribution in [0.1, 0.15) is 56.9 Å². The lowest BCUT2D eigenvalue weighted by atomic mass is 9.63. The minimum absolute atomic E-state index is 0.235. The zero-order valence-electron chi connectivity index (χ0n) is 12.8. The molecule has 2 nitrogen and oxygen atoms in total. The van der Waals surface area contributed by atoms with Gasteiger partial charge in [0.25, 0.3) is 0 Å². The third-order valence-electron chi connectivity index (χ3n) is 5.46. The van der Waals surface area contributed by atoms with Crippen LogP contribution in [0.25, 0.3) is 0 Å². The van der Waals surface area contributed by atoms with Gasteiger partial charge in [0.15, 0.2) is 0 Å². The number of hydrogen-bond acceptors (Lipinski definition) is 1. The van der Waals surface area contributed by atoms with Gasteiger partial charge < -0.3 is 4.90 Å². The van der Waals surface area contributed by atoms with Crippen molar-refractivity contribution >= 4 is 5.91 Å². The summed E-state index contributed by atoms with van der Waals surface area (Å²) in [6.07, 6.45) is 8.88. The lowest BCUT2D eigenvalue weighted by Crippen LogP contribution is -2.53. The first kappa shape index (κ1) is 14.6. The van der Waals surface area contributed by atoms with Crippen molar-refractivity contribution in [3.8, 4) is 0 Å². The van der Waals surface area contributed by atoms with Gasteiger partial charge in [-0.05, 0) is 43.4 Å². The normalized spacial score (nSPS) is 21.6. The number of carbonyl (C=O) groups excluding carboxylic acids is 1. The fourth-order valence-corrected chi connectivity index (χ4v) is 3.90. The van der Waals surface area contributed by atoms with E-state index in [0.717, 1.165) is 37.7 Å². The fraction of sp³-hybridized carbons (Fsp3) is 0.611. The Hall–Kier alpha value is -1.38. The average molecular weight is 289 g/mol. The number of rotatable bonds is 3. The highest BCUT2D eigenvalue weighted by molar-refractivity contribution is 5.89. The van der Waals surface area contributed by atoms with Crippen molar-refractivity contribution in [1.82, 2.24) is 4.90 Å². The van der Waals surface area contributed by atoms with Gasteiger partial charge in [-0.25, -0.2) is 4.39 Å². The van der Waals surface area contributed by atoms with Gasteiger partial charge in [0, 0.05) is 13.1 Å². The van der Waals surface area contributed by atoms with Crippen molar-refractivity contribution in [1.29, 1.82) is 0 Å². The van der Waals surface area contributed by atoms with Gasteiger partial charge in [0.1, 0.15) is 5.82 Å². The molecule has 2 aliphatic rings. The second-order valence-electron chi connectivity index (χ2n) is 6.65. The molecule has 1 amide bonds. The summed E-state index contributed by atoms with van der Waals surface area (Å²) < 4.78 is 13.2. The molecule has 1 aromatic rings. The van der Waals surface area contributed by atoms with Crippen LogP contribution in [0.2, 0.25) is 0 Å². The molecule has 3 heteroatoms. The van der Waals surface area contributed by atoms with E-state index in [4.69, 9.17) is 0 Å². The molecule has 1 aromatic carbocycles. The second-order valence-corrected chi connectivity index (χ2v) is 6.65. The summed E-state index contributed by atoms with van der Waals surface area (Å²) in [5.41, 5.74) is 0.600. The van der Waals surface area contributed by atoms with E-state index in [2.05, 4.69) is 0 Å². The Balaban J connectivity index is 1.81. The third kappa shape index (κ3) is 2.58. The molecule has 2 aliphatic carbocycles. The van der Waals surface area contributed by atoms with Gasteiger partial charge in [0.2, 0.25) is 5.91 Å². The fourth-order valence-electron chi connectivity index (χ4n) is 3.90. The van der Waals surface area contributed by atoms with Gasteiger partial charge in [0.05, 0.1) is 5.41 Å². The number of amides is 1. The largest absolute Gasteiger partial charge is 0.342 e. The summed E-state index contributed by atoms with van der Waals surface area (Å²) in [5, 5.41) is 0. The molecule has 114 valence electrons. The minimum atomic E-state index is -0.389. The van der Waals surface area contributed by atoms with Gasteiger partial charge in [-0.1, -0.05) is 37.8 Å². The van der Waals surface area contributed by atoms with Crippen LogP contribution in [0.4, 0.5) is 4.39 Å². The number of nitrogens with zero attached hydrogens (tertiary/aromatic N) is 1. The maximum atomic E-state index is 13.2. The van der Waals surface area contributed by atoms with E-state index in [1.807, 2.05) is 11.9 Å². The van der Waals surface area contributed by atoms with Crippen molar-refractivity contribution in [3.05, 3.63) is 35.6 Å².